The van der Waals surface area contributed by atoms with E-state index in [9.17, 15) is 19.2 Å². The highest BCUT2D eigenvalue weighted by Gasteiger charge is 2.34. The molecule has 6 amide bonds. The monoisotopic (exact) mass is 290 g/mol. The van der Waals surface area contributed by atoms with Crippen molar-refractivity contribution in [1.82, 2.24) is 21.6 Å². The van der Waals surface area contributed by atoms with Gasteiger partial charge in [-0.2, -0.15) is 0 Å². The van der Waals surface area contributed by atoms with Crippen LogP contribution < -0.4 is 33.1 Å². The number of primary amides is 2. The van der Waals surface area contributed by atoms with Crippen molar-refractivity contribution in [2.24, 2.45) is 11.5 Å². The number of nitrogens with two attached hydrogens (primary N) is 2. The summed E-state index contributed by atoms with van der Waals surface area (Å²) < 4.78 is 0. The normalized spacial score (nSPS) is 21.6. The van der Waals surface area contributed by atoms with E-state index in [4.69, 9.17) is 11.5 Å². The Balaban J connectivity index is 2.37. The molecule has 12 heteroatoms. The van der Waals surface area contributed by atoms with Gasteiger partial charge in [0.2, 0.25) is 11.8 Å². The SMILES string of the molecule is NC(=O)NOCC1NC(=O)C(CONC(N)=O)NC1=O. The zero-order valence-electron chi connectivity index (χ0n) is 10.2. The standard InChI is InChI=1S/C8H14N6O6/c9-7(17)13-19-1-3-5(15)12-4(6(16)11-3)2-20-14-8(10)18/h3-4H,1-2H2,(H,11,16)(H,12,15)(H3,9,13,17)(H3,10,14,18). The van der Waals surface area contributed by atoms with Crippen molar-refractivity contribution >= 4 is 23.9 Å². The van der Waals surface area contributed by atoms with Crippen LogP contribution in [0.2, 0.25) is 0 Å². The number of nitrogens with one attached hydrogen (secondary N) is 4. The van der Waals surface area contributed by atoms with Gasteiger partial charge in [0.1, 0.15) is 25.3 Å². The third-order valence-corrected chi connectivity index (χ3v) is 2.11. The Hall–Kier alpha value is -2.60. The van der Waals surface area contributed by atoms with Crippen molar-refractivity contribution in [3.05, 3.63) is 0 Å². The molecule has 1 fully saturated rings. The molecule has 112 valence electrons. The highest BCUT2D eigenvalue weighted by atomic mass is 16.7. The number of urea groups is 2. The molecule has 0 aliphatic carbocycles. The molecule has 20 heavy (non-hydrogen) atoms. The van der Waals surface area contributed by atoms with E-state index in [-0.39, 0.29) is 13.2 Å². The van der Waals surface area contributed by atoms with Gasteiger partial charge in [0, 0.05) is 0 Å². The maximum absolute atomic E-state index is 11.6. The molecule has 1 saturated heterocycles. The van der Waals surface area contributed by atoms with Crippen LogP contribution in [0.4, 0.5) is 9.59 Å². The summed E-state index contributed by atoms with van der Waals surface area (Å²) in [4.78, 5) is 53.1. The van der Waals surface area contributed by atoms with E-state index < -0.39 is 36.0 Å². The Labute approximate surface area is 112 Å². The quantitative estimate of drug-likeness (QED) is 0.272. The summed E-state index contributed by atoms with van der Waals surface area (Å²) in [6.07, 6.45) is 0. The Morgan fingerprint density at radius 1 is 0.950 bits per heavy atom. The summed E-state index contributed by atoms with van der Waals surface area (Å²) in [6, 6.07) is -3.85. The van der Waals surface area contributed by atoms with Crippen LogP contribution in [0.1, 0.15) is 0 Å². The molecule has 2 unspecified atom stereocenters. The van der Waals surface area contributed by atoms with E-state index >= 15 is 0 Å². The fourth-order valence-corrected chi connectivity index (χ4v) is 1.30. The molecule has 2 atom stereocenters. The first-order valence-corrected chi connectivity index (χ1v) is 5.35. The predicted molar refractivity (Wildman–Crippen MR) is 61.2 cm³/mol. The summed E-state index contributed by atoms with van der Waals surface area (Å²) >= 11 is 0. The number of carbonyl (C=O) groups excluding carboxylic acids is 4. The molecule has 0 aromatic rings. The van der Waals surface area contributed by atoms with Crippen molar-refractivity contribution in [2.45, 2.75) is 12.1 Å². The van der Waals surface area contributed by atoms with Crippen molar-refractivity contribution < 1.29 is 28.9 Å². The van der Waals surface area contributed by atoms with Crippen molar-refractivity contribution in [1.29, 1.82) is 0 Å². The summed E-state index contributed by atoms with van der Waals surface area (Å²) in [5.74, 6) is -1.10. The summed E-state index contributed by atoms with van der Waals surface area (Å²) in [5, 5.41) is 4.67. The number of rotatable bonds is 6. The summed E-state index contributed by atoms with van der Waals surface area (Å²) in [5.41, 5.74) is 13.1. The largest absolute Gasteiger partial charge is 0.350 e. The highest BCUT2D eigenvalue weighted by Crippen LogP contribution is 1.98. The third kappa shape index (κ3) is 4.95. The molecular formula is C8H14N6O6. The summed E-state index contributed by atoms with van der Waals surface area (Å²) in [7, 11) is 0. The van der Waals surface area contributed by atoms with Crippen molar-refractivity contribution in [3.63, 3.8) is 0 Å². The molecule has 0 spiro atoms. The number of carbonyl (C=O) groups is 4. The van der Waals surface area contributed by atoms with Gasteiger partial charge < -0.3 is 22.1 Å². The second kappa shape index (κ2) is 7.10. The van der Waals surface area contributed by atoms with Gasteiger partial charge in [0.15, 0.2) is 0 Å². The first-order valence-electron chi connectivity index (χ1n) is 5.35. The van der Waals surface area contributed by atoms with Crippen molar-refractivity contribution in [3.8, 4) is 0 Å². The van der Waals surface area contributed by atoms with Crippen LogP contribution in [0.25, 0.3) is 0 Å². The topological polar surface area (TPSA) is 187 Å². The van der Waals surface area contributed by atoms with Crippen molar-refractivity contribution in [2.75, 3.05) is 13.2 Å². The van der Waals surface area contributed by atoms with E-state index in [1.165, 1.54) is 0 Å². The smallest absolute Gasteiger partial charge is 0.336 e. The molecule has 8 N–H and O–H groups in total. The minimum atomic E-state index is -0.991. The predicted octanol–water partition coefficient (Wildman–Crippen LogP) is -3.83. The molecule has 1 heterocycles. The fraction of sp³-hybridized carbons (Fsp3) is 0.500. The van der Waals surface area contributed by atoms with Gasteiger partial charge in [-0.15, -0.1) is 0 Å². The Morgan fingerprint density at radius 3 is 1.60 bits per heavy atom. The van der Waals surface area contributed by atoms with Gasteiger partial charge in [-0.3, -0.25) is 19.3 Å². The van der Waals surface area contributed by atoms with E-state index in [0.29, 0.717) is 0 Å². The molecule has 0 aromatic carbocycles. The maximum Gasteiger partial charge on any atom is 0.336 e. The van der Waals surface area contributed by atoms with Gasteiger partial charge >= 0.3 is 12.1 Å². The number of hydrogen-bond acceptors (Lipinski definition) is 6. The molecular weight excluding hydrogens is 276 g/mol. The van der Waals surface area contributed by atoms with Crippen LogP contribution in [0.5, 0.6) is 0 Å². The summed E-state index contributed by atoms with van der Waals surface area (Å²) in [6.45, 7) is -0.596. The lowest BCUT2D eigenvalue weighted by Gasteiger charge is -2.28. The lowest BCUT2D eigenvalue weighted by Crippen LogP contribution is -2.64. The fourth-order valence-electron chi connectivity index (χ4n) is 1.30. The first kappa shape index (κ1) is 15.5. The number of hydrogen-bond donors (Lipinski definition) is 6. The molecule has 0 radical (unpaired) electrons. The van der Waals surface area contributed by atoms with Crippen LogP contribution in [0.15, 0.2) is 0 Å². The lowest BCUT2D eigenvalue weighted by atomic mass is 10.1. The number of amides is 6. The second-order valence-corrected chi connectivity index (χ2v) is 3.68. The van der Waals surface area contributed by atoms with Crippen LogP contribution in [0.3, 0.4) is 0 Å². The minimum Gasteiger partial charge on any atom is -0.350 e. The zero-order valence-corrected chi connectivity index (χ0v) is 10.2. The Kier molecular flexibility index (Phi) is 5.49. The second-order valence-electron chi connectivity index (χ2n) is 3.68. The number of piperazine rings is 1. The lowest BCUT2D eigenvalue weighted by molar-refractivity contribution is -0.141. The average molecular weight is 290 g/mol. The molecule has 0 saturated carbocycles. The van der Waals surface area contributed by atoms with Crippen LogP contribution in [-0.2, 0) is 19.3 Å². The first-order chi connectivity index (χ1) is 9.40. The molecule has 1 aliphatic rings. The molecule has 1 aliphatic heterocycles. The Morgan fingerprint density at radius 2 is 1.30 bits per heavy atom. The highest BCUT2D eigenvalue weighted by molar-refractivity contribution is 5.97. The van der Waals surface area contributed by atoms with Crippen LogP contribution in [0, 0.1) is 0 Å². The molecule has 0 aromatic heterocycles. The molecule has 12 nitrogen and oxygen atoms in total. The van der Waals surface area contributed by atoms with Gasteiger partial charge in [-0.1, -0.05) is 0 Å². The van der Waals surface area contributed by atoms with E-state index in [1.54, 1.807) is 0 Å². The van der Waals surface area contributed by atoms with Crippen LogP contribution >= 0.6 is 0 Å². The van der Waals surface area contributed by atoms with Gasteiger partial charge in [-0.25, -0.2) is 20.5 Å². The molecule has 0 bridgehead atoms. The van der Waals surface area contributed by atoms with Gasteiger partial charge in [0.05, 0.1) is 0 Å². The van der Waals surface area contributed by atoms with E-state index in [0.717, 1.165) is 0 Å². The minimum absolute atomic E-state index is 0.298. The average Bonchev–Trinajstić information content (AvgIpc) is 2.33. The van der Waals surface area contributed by atoms with Crippen LogP contribution in [-0.4, -0.2) is 49.2 Å². The molecule has 1 rings (SSSR count). The maximum atomic E-state index is 11.6. The van der Waals surface area contributed by atoms with E-state index in [2.05, 4.69) is 20.3 Å². The number of hydroxylamine groups is 2. The van der Waals surface area contributed by atoms with Gasteiger partial charge in [-0.05, 0) is 0 Å². The zero-order chi connectivity index (χ0) is 15.1. The Bertz CT molecular complexity index is 376. The van der Waals surface area contributed by atoms with E-state index in [1.807, 2.05) is 11.0 Å². The third-order valence-electron chi connectivity index (χ3n) is 2.11. The van der Waals surface area contributed by atoms with Gasteiger partial charge in [0.25, 0.3) is 0 Å².